The lowest BCUT2D eigenvalue weighted by atomic mass is 10.1. The van der Waals surface area contributed by atoms with Gasteiger partial charge in [0, 0.05) is 55.8 Å². The molecule has 0 unspecified atom stereocenters. The van der Waals surface area contributed by atoms with E-state index in [4.69, 9.17) is 0 Å². The Balaban J connectivity index is 1.50. The summed E-state index contributed by atoms with van der Waals surface area (Å²) >= 11 is 0. The molecule has 1 atom stereocenters. The lowest BCUT2D eigenvalue weighted by molar-refractivity contribution is -0.125. The molecule has 0 fully saturated rings. The van der Waals surface area contributed by atoms with Crippen LogP contribution in [0.3, 0.4) is 0 Å². The van der Waals surface area contributed by atoms with Gasteiger partial charge in [-0.05, 0) is 54.8 Å². The van der Waals surface area contributed by atoms with Crippen LogP contribution in [0.15, 0.2) is 47.5 Å². The van der Waals surface area contributed by atoms with E-state index < -0.39 is 16.1 Å². The predicted octanol–water partition coefficient (Wildman–Crippen LogP) is 3.14. The SMILES string of the molecule is CCN(CC)S(=O)(=O)c1ccc2c(c1)C[C@@H](C(=O)NCCc1c[nH]c3ccc(C)cc13)N2C(C)=O. The number of aromatic nitrogens is 1. The van der Waals surface area contributed by atoms with Gasteiger partial charge in [-0.3, -0.25) is 14.5 Å². The van der Waals surface area contributed by atoms with Crippen molar-refractivity contribution >= 4 is 38.4 Å². The fourth-order valence-electron chi connectivity index (χ4n) is 4.84. The summed E-state index contributed by atoms with van der Waals surface area (Å²) in [4.78, 5) is 30.5. The predicted molar refractivity (Wildman–Crippen MR) is 137 cm³/mol. The van der Waals surface area contributed by atoms with Gasteiger partial charge in [-0.1, -0.05) is 25.5 Å². The van der Waals surface area contributed by atoms with E-state index in [1.54, 1.807) is 26.0 Å². The highest BCUT2D eigenvalue weighted by Crippen LogP contribution is 2.35. The standard InChI is InChI=1S/C26H32N4O4S/c1-5-29(6-2)35(33,34)21-8-10-24-20(14-21)15-25(30(24)18(4)31)26(32)27-12-11-19-16-28-23-9-7-17(3)13-22(19)23/h7-10,13-14,16,25,28H,5-6,11-12,15H2,1-4H3,(H,27,32)/t25-/m0/s1. The van der Waals surface area contributed by atoms with Gasteiger partial charge < -0.3 is 10.3 Å². The highest BCUT2D eigenvalue weighted by Gasteiger charge is 2.37. The van der Waals surface area contributed by atoms with Crippen LogP contribution in [-0.4, -0.2) is 55.2 Å². The Labute approximate surface area is 206 Å². The van der Waals surface area contributed by atoms with Crippen molar-refractivity contribution in [1.29, 1.82) is 0 Å². The first-order chi connectivity index (χ1) is 16.7. The summed E-state index contributed by atoms with van der Waals surface area (Å²) in [5.41, 5.74) is 4.62. The zero-order valence-corrected chi connectivity index (χ0v) is 21.4. The van der Waals surface area contributed by atoms with Crippen molar-refractivity contribution < 1.29 is 18.0 Å². The number of hydrogen-bond acceptors (Lipinski definition) is 4. The molecule has 9 heteroatoms. The average molecular weight is 497 g/mol. The van der Waals surface area contributed by atoms with Crippen LogP contribution in [-0.2, 0) is 32.5 Å². The first-order valence-electron chi connectivity index (χ1n) is 11.9. The van der Waals surface area contributed by atoms with Gasteiger partial charge in [0.2, 0.25) is 21.8 Å². The maximum Gasteiger partial charge on any atom is 0.243 e. The van der Waals surface area contributed by atoms with Gasteiger partial charge in [-0.15, -0.1) is 0 Å². The summed E-state index contributed by atoms with van der Waals surface area (Å²) in [5, 5.41) is 4.11. The number of amides is 2. The number of sulfonamides is 1. The molecule has 1 aromatic heterocycles. The minimum atomic E-state index is -3.63. The fourth-order valence-corrected chi connectivity index (χ4v) is 6.35. The highest BCUT2D eigenvalue weighted by molar-refractivity contribution is 7.89. The Kier molecular flexibility index (Phi) is 7.00. The largest absolute Gasteiger partial charge is 0.361 e. The molecule has 2 N–H and O–H groups in total. The van der Waals surface area contributed by atoms with Crippen LogP contribution in [0.2, 0.25) is 0 Å². The molecule has 0 saturated heterocycles. The molecule has 4 rings (SSSR count). The molecule has 0 aliphatic carbocycles. The maximum absolute atomic E-state index is 13.1. The van der Waals surface area contributed by atoms with Crippen molar-refractivity contribution in [2.45, 2.75) is 51.5 Å². The molecule has 186 valence electrons. The Morgan fingerprint density at radius 3 is 2.57 bits per heavy atom. The smallest absolute Gasteiger partial charge is 0.243 e. The fraction of sp³-hybridized carbons (Fsp3) is 0.385. The van der Waals surface area contributed by atoms with Crippen molar-refractivity contribution in [3.63, 3.8) is 0 Å². The van der Waals surface area contributed by atoms with Gasteiger partial charge in [0.15, 0.2) is 0 Å². The van der Waals surface area contributed by atoms with E-state index in [0.29, 0.717) is 37.3 Å². The average Bonchev–Trinajstić information content (AvgIpc) is 3.40. The first kappa shape index (κ1) is 24.9. The second-order valence-electron chi connectivity index (χ2n) is 8.89. The van der Waals surface area contributed by atoms with Crippen LogP contribution in [0.4, 0.5) is 5.69 Å². The second kappa shape index (κ2) is 9.83. The zero-order chi connectivity index (χ0) is 25.3. The van der Waals surface area contributed by atoms with E-state index in [-0.39, 0.29) is 23.1 Å². The number of aryl methyl sites for hydroxylation is 1. The number of benzene rings is 2. The quantitative estimate of drug-likeness (QED) is 0.500. The van der Waals surface area contributed by atoms with Gasteiger partial charge in [0.05, 0.1) is 4.90 Å². The number of rotatable bonds is 8. The Morgan fingerprint density at radius 2 is 1.89 bits per heavy atom. The molecule has 1 aliphatic heterocycles. The third-order valence-corrected chi connectivity index (χ3v) is 8.68. The minimum absolute atomic E-state index is 0.180. The summed E-state index contributed by atoms with van der Waals surface area (Å²) in [5.74, 6) is -0.504. The molecule has 35 heavy (non-hydrogen) atoms. The van der Waals surface area contributed by atoms with Crippen molar-refractivity contribution in [1.82, 2.24) is 14.6 Å². The van der Waals surface area contributed by atoms with E-state index in [2.05, 4.69) is 22.4 Å². The molecule has 8 nitrogen and oxygen atoms in total. The van der Waals surface area contributed by atoms with E-state index in [9.17, 15) is 18.0 Å². The number of hydrogen-bond donors (Lipinski definition) is 2. The molecule has 3 aromatic rings. The number of carbonyl (C=O) groups is 2. The molecule has 1 aliphatic rings. The van der Waals surface area contributed by atoms with E-state index in [0.717, 1.165) is 16.5 Å². The summed E-state index contributed by atoms with van der Waals surface area (Å²) in [6.45, 7) is 8.23. The third-order valence-electron chi connectivity index (χ3n) is 6.64. The van der Waals surface area contributed by atoms with Crippen molar-refractivity contribution in [3.8, 4) is 0 Å². The van der Waals surface area contributed by atoms with E-state index >= 15 is 0 Å². The van der Waals surface area contributed by atoms with Crippen LogP contribution < -0.4 is 10.2 Å². The van der Waals surface area contributed by atoms with Crippen LogP contribution in [0, 0.1) is 6.92 Å². The lowest BCUT2D eigenvalue weighted by Gasteiger charge is -2.23. The first-order valence-corrected chi connectivity index (χ1v) is 13.4. The van der Waals surface area contributed by atoms with Gasteiger partial charge in [-0.25, -0.2) is 8.42 Å². The molecule has 0 saturated carbocycles. The normalized spacial score (nSPS) is 15.6. The number of H-pyrrole nitrogens is 1. The molecular weight excluding hydrogens is 464 g/mol. The van der Waals surface area contributed by atoms with Gasteiger partial charge in [0.25, 0.3) is 0 Å². The number of aromatic amines is 1. The Morgan fingerprint density at radius 1 is 1.14 bits per heavy atom. The topological polar surface area (TPSA) is 103 Å². The maximum atomic E-state index is 13.1. The number of nitrogens with one attached hydrogen (secondary N) is 2. The summed E-state index contributed by atoms with van der Waals surface area (Å²) in [6.07, 6.45) is 2.89. The third kappa shape index (κ3) is 4.70. The zero-order valence-electron chi connectivity index (χ0n) is 20.6. The molecule has 0 radical (unpaired) electrons. The molecule has 2 amide bonds. The van der Waals surface area contributed by atoms with E-state index in [1.807, 2.05) is 19.2 Å². The van der Waals surface area contributed by atoms with Gasteiger partial charge in [-0.2, -0.15) is 4.31 Å². The molecule has 2 aromatic carbocycles. The number of nitrogens with zero attached hydrogens (tertiary/aromatic N) is 2. The number of fused-ring (bicyclic) bond motifs is 2. The Bertz CT molecular complexity index is 1380. The molecule has 0 spiro atoms. The molecule has 2 heterocycles. The van der Waals surface area contributed by atoms with Gasteiger partial charge >= 0.3 is 0 Å². The van der Waals surface area contributed by atoms with Crippen LogP contribution in [0.5, 0.6) is 0 Å². The number of anilines is 1. The summed E-state index contributed by atoms with van der Waals surface area (Å²) < 4.78 is 27.3. The van der Waals surface area contributed by atoms with Gasteiger partial charge in [0.1, 0.15) is 6.04 Å². The van der Waals surface area contributed by atoms with Crippen molar-refractivity contribution in [2.24, 2.45) is 0 Å². The second-order valence-corrected chi connectivity index (χ2v) is 10.8. The van der Waals surface area contributed by atoms with Crippen LogP contribution >= 0.6 is 0 Å². The van der Waals surface area contributed by atoms with Crippen LogP contribution in [0.25, 0.3) is 10.9 Å². The van der Waals surface area contributed by atoms with E-state index in [1.165, 1.54) is 27.8 Å². The summed E-state index contributed by atoms with van der Waals surface area (Å²) in [7, 11) is -3.63. The lowest BCUT2D eigenvalue weighted by Crippen LogP contribution is -2.47. The monoisotopic (exact) mass is 496 g/mol. The highest BCUT2D eigenvalue weighted by atomic mass is 32.2. The van der Waals surface area contributed by atoms with Crippen molar-refractivity contribution in [3.05, 3.63) is 59.3 Å². The van der Waals surface area contributed by atoms with Crippen molar-refractivity contribution in [2.75, 3.05) is 24.5 Å². The number of carbonyl (C=O) groups excluding carboxylic acids is 2. The molecule has 0 bridgehead atoms. The molecular formula is C26H32N4O4S. The summed E-state index contributed by atoms with van der Waals surface area (Å²) in [6, 6.07) is 10.3. The minimum Gasteiger partial charge on any atom is -0.361 e. The Hall–Kier alpha value is -3.17. The van der Waals surface area contributed by atoms with Crippen LogP contribution in [0.1, 0.15) is 37.5 Å².